The van der Waals surface area contributed by atoms with Gasteiger partial charge in [0, 0.05) is 17.8 Å². The normalized spacial score (nSPS) is 14.1. The third-order valence-corrected chi connectivity index (χ3v) is 4.50. The quantitative estimate of drug-likeness (QED) is 0.180. The first-order chi connectivity index (χ1) is 14.3. The summed E-state index contributed by atoms with van der Waals surface area (Å²) in [6, 6.07) is 12.3. The topological polar surface area (TPSA) is 75.7 Å². The fraction of sp³-hybridized carbons (Fsp3) is 0.429. The molecule has 1 fully saturated rings. The van der Waals surface area contributed by atoms with Crippen molar-refractivity contribution in [2.45, 2.75) is 24.9 Å². The van der Waals surface area contributed by atoms with Crippen LogP contribution in [0.15, 0.2) is 42.5 Å². The summed E-state index contributed by atoms with van der Waals surface area (Å²) >= 11 is 0. The Morgan fingerprint density at radius 3 is 2.26 bits per heavy atom. The second-order valence-electron chi connectivity index (χ2n) is 6.57. The molecule has 0 unspecified atom stereocenters. The van der Waals surface area contributed by atoms with Crippen molar-refractivity contribution in [2.75, 3.05) is 33.4 Å². The zero-order valence-electron chi connectivity index (χ0n) is 16.8. The maximum Gasteiger partial charge on any atom is 2.00 e. The van der Waals surface area contributed by atoms with Gasteiger partial charge in [-0.05, 0) is 23.6 Å². The minimum atomic E-state index is -4.24. The van der Waals surface area contributed by atoms with Gasteiger partial charge in [-0.15, -0.1) is 25.2 Å². The number of benzene rings is 2. The monoisotopic (exact) mass is 487 g/mol. The fourth-order valence-corrected chi connectivity index (χ4v) is 2.87. The number of hydrogen-bond donors (Lipinski definition) is 0. The Bertz CT molecular complexity index is 781. The Morgan fingerprint density at radius 1 is 1.13 bits per heavy atom. The molecular formula is C21H23CuF3N2O4. The number of hydrogen-bond acceptors (Lipinski definition) is 4. The average molecular weight is 488 g/mol. The molecule has 0 spiro atoms. The summed E-state index contributed by atoms with van der Waals surface area (Å²) in [7, 11) is 1.57. The van der Waals surface area contributed by atoms with Crippen LogP contribution in [0.25, 0.3) is 5.32 Å². The van der Waals surface area contributed by atoms with E-state index in [0.29, 0.717) is 24.9 Å². The van der Waals surface area contributed by atoms with Gasteiger partial charge in [-0.25, -0.2) is 0 Å². The van der Waals surface area contributed by atoms with Crippen LogP contribution in [0.2, 0.25) is 0 Å². The summed E-state index contributed by atoms with van der Waals surface area (Å²) in [6.07, 6.45) is -2.34. The van der Waals surface area contributed by atoms with Gasteiger partial charge in [-0.1, -0.05) is 37.1 Å². The van der Waals surface area contributed by atoms with E-state index < -0.39 is 16.7 Å². The van der Waals surface area contributed by atoms with Gasteiger partial charge in [0.15, 0.2) is 5.69 Å². The van der Waals surface area contributed by atoms with Gasteiger partial charge in [-0.2, -0.15) is 13.2 Å². The number of halogens is 3. The predicted molar refractivity (Wildman–Crippen MR) is 106 cm³/mol. The Morgan fingerprint density at radius 2 is 1.77 bits per heavy atom. The van der Waals surface area contributed by atoms with E-state index in [1.807, 2.05) is 0 Å². The van der Waals surface area contributed by atoms with Crippen molar-refractivity contribution in [3.05, 3.63) is 75.1 Å². The van der Waals surface area contributed by atoms with E-state index in [0.717, 1.165) is 31.5 Å². The van der Waals surface area contributed by atoms with Gasteiger partial charge in [0.1, 0.15) is 6.61 Å². The van der Waals surface area contributed by atoms with Gasteiger partial charge in [0.25, 0.3) is 0 Å². The Kier molecular flexibility index (Phi) is 11.6. The molecule has 0 bridgehead atoms. The molecule has 1 aliphatic heterocycles. The van der Waals surface area contributed by atoms with Crippen LogP contribution in [-0.2, 0) is 28.0 Å². The van der Waals surface area contributed by atoms with Gasteiger partial charge in [-0.3, -0.25) is 10.1 Å². The van der Waals surface area contributed by atoms with E-state index in [1.165, 1.54) is 30.3 Å². The SMILES string of the molecule is COCCOc1[c-]cc([N+](=O)[O-])cc1.FC(F)(F)c1ccc(C2CC[N-]CC2)cc1.[Cu+2]. The number of rotatable bonds is 6. The molecule has 1 aliphatic rings. The maximum absolute atomic E-state index is 12.3. The standard InChI is InChI=1S/C12H13F3N.C9H10NO4.Cu/c13-12(14,15)11-3-1-9(2-4-11)10-5-7-16-8-6-10;1-13-6-7-14-9-4-2-8(3-5-9)10(11)12;/h1-4,10H,5-8H2;2-4H,6-7H2,1H3;/q2*-1;+2. The average Bonchev–Trinajstić information content (AvgIpc) is 2.75. The molecule has 173 valence electrons. The molecule has 6 nitrogen and oxygen atoms in total. The largest absolute Gasteiger partial charge is 2.00 e. The molecule has 31 heavy (non-hydrogen) atoms. The first-order valence-corrected chi connectivity index (χ1v) is 9.39. The summed E-state index contributed by atoms with van der Waals surface area (Å²) in [5.41, 5.74) is 0.434. The minimum Gasteiger partial charge on any atom is -0.662 e. The zero-order chi connectivity index (χ0) is 22.0. The van der Waals surface area contributed by atoms with Crippen molar-refractivity contribution in [1.29, 1.82) is 0 Å². The Labute approximate surface area is 189 Å². The van der Waals surface area contributed by atoms with E-state index in [4.69, 9.17) is 9.47 Å². The molecular weight excluding hydrogens is 465 g/mol. The van der Waals surface area contributed by atoms with E-state index >= 15 is 0 Å². The first kappa shape index (κ1) is 26.9. The molecule has 0 atom stereocenters. The fourth-order valence-electron chi connectivity index (χ4n) is 2.87. The van der Waals surface area contributed by atoms with Crippen LogP contribution in [0.5, 0.6) is 5.75 Å². The van der Waals surface area contributed by atoms with Crippen molar-refractivity contribution >= 4 is 5.69 Å². The minimum absolute atomic E-state index is 0. The van der Waals surface area contributed by atoms with Crippen LogP contribution >= 0.6 is 0 Å². The third-order valence-electron chi connectivity index (χ3n) is 4.50. The smallest absolute Gasteiger partial charge is 0.662 e. The number of nitrogens with zero attached hydrogens (tertiary/aromatic N) is 2. The molecule has 2 aromatic rings. The molecule has 0 aromatic heterocycles. The summed E-state index contributed by atoms with van der Waals surface area (Å²) < 4.78 is 47.0. The van der Waals surface area contributed by atoms with Gasteiger partial charge in [0.2, 0.25) is 0 Å². The molecule has 1 radical (unpaired) electrons. The van der Waals surface area contributed by atoms with Crippen molar-refractivity contribution in [2.24, 2.45) is 0 Å². The van der Waals surface area contributed by atoms with E-state index in [9.17, 15) is 23.3 Å². The number of nitro benzene ring substituents is 1. The van der Waals surface area contributed by atoms with Crippen molar-refractivity contribution in [3.8, 4) is 5.75 Å². The molecule has 10 heteroatoms. The van der Waals surface area contributed by atoms with Gasteiger partial charge < -0.3 is 14.8 Å². The molecule has 1 saturated heterocycles. The molecule has 3 rings (SSSR count). The van der Waals surface area contributed by atoms with Gasteiger partial charge in [0.05, 0.1) is 12.2 Å². The summed E-state index contributed by atoms with van der Waals surface area (Å²) in [5, 5.41) is 14.5. The number of ether oxygens (including phenoxy) is 2. The predicted octanol–water partition coefficient (Wildman–Crippen LogP) is 5.37. The third kappa shape index (κ3) is 9.26. The van der Waals surface area contributed by atoms with E-state index in [2.05, 4.69) is 11.4 Å². The summed E-state index contributed by atoms with van der Waals surface area (Å²) in [5.74, 6) is 0.854. The second-order valence-corrected chi connectivity index (χ2v) is 6.57. The number of methoxy groups -OCH3 is 1. The van der Waals surface area contributed by atoms with Crippen LogP contribution in [0.1, 0.15) is 29.9 Å². The molecule has 1 heterocycles. The van der Waals surface area contributed by atoms with Crippen LogP contribution < -0.4 is 4.74 Å². The van der Waals surface area contributed by atoms with Crippen molar-refractivity contribution < 1.29 is 44.6 Å². The summed E-state index contributed by atoms with van der Waals surface area (Å²) in [6.45, 7) is 2.53. The number of non-ortho nitro benzene ring substituents is 1. The van der Waals surface area contributed by atoms with Crippen LogP contribution in [-0.4, -0.2) is 38.3 Å². The Hall–Kier alpha value is -2.13. The molecule has 0 saturated carbocycles. The maximum atomic E-state index is 12.3. The molecule has 0 N–H and O–H groups in total. The van der Waals surface area contributed by atoms with Crippen LogP contribution in [0, 0.1) is 16.2 Å². The van der Waals surface area contributed by atoms with E-state index in [-0.39, 0.29) is 22.8 Å². The first-order valence-electron chi connectivity index (χ1n) is 9.39. The van der Waals surface area contributed by atoms with Crippen molar-refractivity contribution in [1.82, 2.24) is 0 Å². The zero-order valence-corrected chi connectivity index (χ0v) is 17.8. The van der Waals surface area contributed by atoms with E-state index in [1.54, 1.807) is 19.2 Å². The van der Waals surface area contributed by atoms with Crippen LogP contribution in [0.3, 0.4) is 0 Å². The number of nitro groups is 1. The molecule has 2 aromatic carbocycles. The Balaban J connectivity index is 0.000000303. The summed E-state index contributed by atoms with van der Waals surface area (Å²) in [4.78, 5) is 9.82. The number of alkyl halides is 3. The van der Waals surface area contributed by atoms with Crippen molar-refractivity contribution in [3.63, 3.8) is 0 Å². The second kappa shape index (κ2) is 13.3. The molecule has 0 amide bonds. The number of piperidine rings is 1. The van der Waals surface area contributed by atoms with Crippen LogP contribution in [0.4, 0.5) is 18.9 Å². The van der Waals surface area contributed by atoms with Gasteiger partial charge >= 0.3 is 23.2 Å². The molecule has 0 aliphatic carbocycles.